The minimum atomic E-state index is 0.944. The highest BCUT2D eigenvalue weighted by Gasteiger charge is 1.90. The Hall–Kier alpha value is -1.44. The number of hydrogen-bond acceptors (Lipinski definition) is 2. The number of nitrogens with zero attached hydrogens (tertiary/aromatic N) is 2. The van der Waals surface area contributed by atoms with Crippen molar-refractivity contribution < 1.29 is 0 Å². The molecule has 2 nitrogen and oxygen atoms in total. The second-order valence-electron chi connectivity index (χ2n) is 2.18. The second-order valence-corrected chi connectivity index (χ2v) is 2.18. The van der Waals surface area contributed by atoms with Gasteiger partial charge in [-0.1, -0.05) is 12.7 Å². The lowest BCUT2D eigenvalue weighted by molar-refractivity contribution is 1.25. The summed E-state index contributed by atoms with van der Waals surface area (Å²) in [5.41, 5.74) is 2.02. The SMILES string of the molecule is C=C/C=N\c1ccncc1C. The quantitative estimate of drug-likeness (QED) is 0.587. The van der Waals surface area contributed by atoms with E-state index in [1.54, 1.807) is 24.7 Å². The molecule has 1 aromatic rings. The lowest BCUT2D eigenvalue weighted by Crippen LogP contribution is -1.76. The largest absolute Gasteiger partial charge is 0.264 e. The monoisotopic (exact) mass is 146 g/mol. The van der Waals surface area contributed by atoms with Gasteiger partial charge in [-0.3, -0.25) is 9.98 Å². The Morgan fingerprint density at radius 1 is 1.64 bits per heavy atom. The van der Waals surface area contributed by atoms with Crippen LogP contribution < -0.4 is 0 Å². The third kappa shape index (κ3) is 2.00. The fourth-order valence-corrected chi connectivity index (χ4v) is 0.744. The van der Waals surface area contributed by atoms with Crippen LogP contribution in [-0.2, 0) is 0 Å². The standard InChI is InChI=1S/C9H10N2/c1-3-5-11-9-4-6-10-7-8(9)2/h3-7H,1H2,2H3/b11-5-. The maximum Gasteiger partial charge on any atom is 0.0689 e. The van der Waals surface area contributed by atoms with Crippen LogP contribution in [0.5, 0.6) is 0 Å². The molecule has 1 aromatic heterocycles. The van der Waals surface area contributed by atoms with Gasteiger partial charge in [-0.2, -0.15) is 0 Å². The van der Waals surface area contributed by atoms with Crippen LogP contribution in [0.2, 0.25) is 0 Å². The first kappa shape index (κ1) is 7.66. The summed E-state index contributed by atoms with van der Waals surface area (Å²) >= 11 is 0. The summed E-state index contributed by atoms with van der Waals surface area (Å²) in [6.07, 6.45) is 6.83. The Morgan fingerprint density at radius 2 is 2.45 bits per heavy atom. The predicted octanol–water partition coefficient (Wildman–Crippen LogP) is 2.28. The van der Waals surface area contributed by atoms with Crippen molar-refractivity contribution in [2.75, 3.05) is 0 Å². The first-order valence-corrected chi connectivity index (χ1v) is 3.40. The van der Waals surface area contributed by atoms with Gasteiger partial charge in [0.05, 0.1) is 5.69 Å². The van der Waals surface area contributed by atoms with E-state index in [2.05, 4.69) is 16.6 Å². The van der Waals surface area contributed by atoms with E-state index >= 15 is 0 Å². The van der Waals surface area contributed by atoms with E-state index in [1.807, 2.05) is 13.0 Å². The van der Waals surface area contributed by atoms with E-state index in [1.165, 1.54) is 0 Å². The average Bonchev–Trinajstić information content (AvgIpc) is 2.03. The molecule has 0 bridgehead atoms. The zero-order chi connectivity index (χ0) is 8.10. The molecule has 0 spiro atoms. The lowest BCUT2D eigenvalue weighted by atomic mass is 10.3. The van der Waals surface area contributed by atoms with E-state index in [4.69, 9.17) is 0 Å². The number of aromatic nitrogens is 1. The van der Waals surface area contributed by atoms with Crippen LogP contribution in [0.25, 0.3) is 0 Å². The van der Waals surface area contributed by atoms with Crippen molar-refractivity contribution in [3.05, 3.63) is 36.7 Å². The first-order valence-electron chi connectivity index (χ1n) is 3.40. The minimum absolute atomic E-state index is 0.944. The van der Waals surface area contributed by atoms with Gasteiger partial charge in [0.1, 0.15) is 0 Å². The van der Waals surface area contributed by atoms with Crippen LogP contribution in [0.1, 0.15) is 5.56 Å². The summed E-state index contributed by atoms with van der Waals surface area (Å²) in [7, 11) is 0. The maximum absolute atomic E-state index is 4.14. The highest BCUT2D eigenvalue weighted by Crippen LogP contribution is 2.14. The van der Waals surface area contributed by atoms with Crippen LogP contribution in [0.3, 0.4) is 0 Å². The highest BCUT2D eigenvalue weighted by molar-refractivity contribution is 5.74. The van der Waals surface area contributed by atoms with E-state index in [-0.39, 0.29) is 0 Å². The van der Waals surface area contributed by atoms with Gasteiger partial charge in [0.15, 0.2) is 0 Å². The van der Waals surface area contributed by atoms with Gasteiger partial charge in [-0.15, -0.1) is 0 Å². The molecule has 0 atom stereocenters. The summed E-state index contributed by atoms with van der Waals surface area (Å²) in [5.74, 6) is 0. The molecule has 0 aliphatic rings. The third-order valence-corrected chi connectivity index (χ3v) is 1.31. The molecule has 0 aliphatic heterocycles. The summed E-state index contributed by atoms with van der Waals surface area (Å²) < 4.78 is 0. The van der Waals surface area contributed by atoms with Gasteiger partial charge in [0, 0.05) is 18.6 Å². The van der Waals surface area contributed by atoms with E-state index in [0.717, 1.165) is 11.3 Å². The molecule has 0 aliphatic carbocycles. The molecule has 0 N–H and O–H groups in total. The van der Waals surface area contributed by atoms with Crippen LogP contribution in [0.15, 0.2) is 36.1 Å². The minimum Gasteiger partial charge on any atom is -0.264 e. The van der Waals surface area contributed by atoms with Crippen LogP contribution >= 0.6 is 0 Å². The molecular weight excluding hydrogens is 136 g/mol. The molecule has 0 unspecified atom stereocenters. The van der Waals surface area contributed by atoms with E-state index < -0.39 is 0 Å². The van der Waals surface area contributed by atoms with Crippen molar-refractivity contribution >= 4 is 11.9 Å². The van der Waals surface area contributed by atoms with Crippen molar-refractivity contribution in [1.29, 1.82) is 0 Å². The Kier molecular flexibility index (Phi) is 2.55. The zero-order valence-electron chi connectivity index (χ0n) is 6.49. The number of pyridine rings is 1. The number of aliphatic imine (C=N–C) groups is 1. The topological polar surface area (TPSA) is 25.2 Å². The van der Waals surface area contributed by atoms with Gasteiger partial charge in [0.2, 0.25) is 0 Å². The fraction of sp³-hybridized carbons (Fsp3) is 0.111. The molecule has 0 radical (unpaired) electrons. The fourth-order valence-electron chi connectivity index (χ4n) is 0.744. The summed E-state index contributed by atoms with van der Waals surface area (Å²) in [6, 6.07) is 1.87. The third-order valence-electron chi connectivity index (χ3n) is 1.31. The van der Waals surface area contributed by atoms with Crippen molar-refractivity contribution in [1.82, 2.24) is 4.98 Å². The maximum atomic E-state index is 4.14. The Morgan fingerprint density at radius 3 is 3.09 bits per heavy atom. The molecule has 56 valence electrons. The first-order chi connectivity index (χ1) is 5.34. The number of hydrogen-bond donors (Lipinski definition) is 0. The highest BCUT2D eigenvalue weighted by atomic mass is 14.7. The summed E-state index contributed by atoms with van der Waals surface area (Å²) in [5, 5.41) is 0. The van der Waals surface area contributed by atoms with Crippen molar-refractivity contribution in [2.45, 2.75) is 6.92 Å². The normalized spacial score (nSPS) is 10.3. The summed E-state index contributed by atoms with van der Waals surface area (Å²) in [4.78, 5) is 8.09. The Balaban J connectivity index is 2.94. The molecule has 11 heavy (non-hydrogen) atoms. The van der Waals surface area contributed by atoms with Crippen LogP contribution in [-0.4, -0.2) is 11.2 Å². The molecule has 0 saturated heterocycles. The zero-order valence-corrected chi connectivity index (χ0v) is 6.49. The van der Waals surface area contributed by atoms with Crippen LogP contribution in [0, 0.1) is 6.92 Å². The molecule has 0 amide bonds. The Bertz CT molecular complexity index is 277. The van der Waals surface area contributed by atoms with Gasteiger partial charge in [-0.05, 0) is 18.6 Å². The average molecular weight is 146 g/mol. The smallest absolute Gasteiger partial charge is 0.0689 e. The molecular formula is C9H10N2. The molecule has 1 rings (SSSR count). The summed E-state index contributed by atoms with van der Waals surface area (Å²) in [6.45, 7) is 5.52. The van der Waals surface area contributed by atoms with E-state index in [9.17, 15) is 0 Å². The molecule has 0 aromatic carbocycles. The molecule has 1 heterocycles. The van der Waals surface area contributed by atoms with Crippen LogP contribution in [0.4, 0.5) is 5.69 Å². The number of aryl methyl sites for hydroxylation is 1. The van der Waals surface area contributed by atoms with Crippen molar-refractivity contribution in [3.8, 4) is 0 Å². The molecule has 2 heteroatoms. The van der Waals surface area contributed by atoms with Crippen molar-refractivity contribution in [3.63, 3.8) is 0 Å². The van der Waals surface area contributed by atoms with Gasteiger partial charge >= 0.3 is 0 Å². The van der Waals surface area contributed by atoms with Gasteiger partial charge < -0.3 is 0 Å². The number of allylic oxidation sites excluding steroid dienone is 1. The van der Waals surface area contributed by atoms with Gasteiger partial charge in [-0.25, -0.2) is 0 Å². The number of rotatable bonds is 2. The predicted molar refractivity (Wildman–Crippen MR) is 47.3 cm³/mol. The van der Waals surface area contributed by atoms with E-state index in [0.29, 0.717) is 0 Å². The lowest BCUT2D eigenvalue weighted by Gasteiger charge is -1.94. The Labute approximate surface area is 66.3 Å². The molecule has 0 fully saturated rings. The van der Waals surface area contributed by atoms with Crippen molar-refractivity contribution in [2.24, 2.45) is 4.99 Å². The molecule has 0 saturated carbocycles. The van der Waals surface area contributed by atoms with Gasteiger partial charge in [0.25, 0.3) is 0 Å². The second kappa shape index (κ2) is 3.66.